The van der Waals surface area contributed by atoms with Gasteiger partial charge in [0.25, 0.3) is 0 Å². The van der Waals surface area contributed by atoms with Gasteiger partial charge in [0.05, 0.1) is 13.2 Å². The molecule has 0 aliphatic carbocycles. The van der Waals surface area contributed by atoms with E-state index in [1.54, 1.807) is 6.07 Å². The maximum absolute atomic E-state index is 13.8. The summed E-state index contributed by atoms with van der Waals surface area (Å²) in [6.07, 6.45) is 1.13. The molecule has 1 atom stereocenters. The molecule has 2 fully saturated rings. The lowest BCUT2D eigenvalue weighted by Crippen LogP contribution is -2.39. The van der Waals surface area contributed by atoms with Gasteiger partial charge in [-0.1, -0.05) is 6.07 Å². The van der Waals surface area contributed by atoms with Gasteiger partial charge in [-0.25, -0.2) is 4.39 Å². The molecule has 0 radical (unpaired) electrons. The minimum absolute atomic E-state index is 0.402. The molecule has 0 aromatic heterocycles. The third-order valence-corrected chi connectivity index (χ3v) is 4.61. The first-order valence-electron chi connectivity index (χ1n) is 8.36. The van der Waals surface area contributed by atoms with Crippen molar-refractivity contribution in [3.8, 4) is 5.75 Å². The van der Waals surface area contributed by atoms with Crippen molar-refractivity contribution < 1.29 is 22.6 Å². The zero-order valence-corrected chi connectivity index (χ0v) is 13.6. The van der Waals surface area contributed by atoms with Crippen molar-refractivity contribution in [3.05, 3.63) is 29.6 Å². The van der Waals surface area contributed by atoms with Crippen LogP contribution >= 0.6 is 0 Å². The van der Waals surface area contributed by atoms with Gasteiger partial charge in [-0.2, -0.15) is 8.78 Å². The van der Waals surface area contributed by atoms with E-state index < -0.39 is 18.2 Å². The second kappa shape index (κ2) is 8.18. The molecule has 4 nitrogen and oxygen atoms in total. The number of alkyl halides is 2. The monoisotopic (exact) mass is 344 g/mol. The fourth-order valence-electron chi connectivity index (χ4n) is 3.45. The number of likely N-dealkylation sites (tertiary alicyclic amines) is 1. The largest absolute Gasteiger partial charge is 0.432 e. The summed E-state index contributed by atoms with van der Waals surface area (Å²) in [5.74, 6) is -0.522. The first-order valence-corrected chi connectivity index (χ1v) is 8.36. The number of rotatable bonds is 6. The summed E-state index contributed by atoms with van der Waals surface area (Å²) in [6, 6.07) is 4.21. The van der Waals surface area contributed by atoms with Crippen LogP contribution in [0.3, 0.4) is 0 Å². The predicted molar refractivity (Wildman–Crippen MR) is 83.7 cm³/mol. The molecule has 24 heavy (non-hydrogen) atoms. The summed E-state index contributed by atoms with van der Waals surface area (Å²) in [4.78, 5) is 4.72. The van der Waals surface area contributed by atoms with Crippen molar-refractivity contribution in [2.24, 2.45) is 5.92 Å². The van der Waals surface area contributed by atoms with Crippen LogP contribution in [0.4, 0.5) is 13.2 Å². The summed E-state index contributed by atoms with van der Waals surface area (Å²) in [7, 11) is 0. The maximum atomic E-state index is 13.8. The fourth-order valence-corrected chi connectivity index (χ4v) is 3.45. The minimum atomic E-state index is -3.01. The van der Waals surface area contributed by atoms with Gasteiger partial charge in [-0.05, 0) is 36.6 Å². The lowest BCUT2D eigenvalue weighted by Gasteiger charge is -2.29. The molecule has 2 saturated heterocycles. The quantitative estimate of drug-likeness (QED) is 0.792. The molecule has 7 heteroatoms. The Kier molecular flexibility index (Phi) is 5.97. The van der Waals surface area contributed by atoms with Crippen LogP contribution < -0.4 is 4.74 Å². The van der Waals surface area contributed by atoms with Crippen LogP contribution in [0.25, 0.3) is 0 Å². The Morgan fingerprint density at radius 3 is 2.67 bits per heavy atom. The van der Waals surface area contributed by atoms with Crippen LogP contribution in [0.2, 0.25) is 0 Å². The molecule has 1 aromatic rings. The van der Waals surface area contributed by atoms with Crippen LogP contribution in [0.1, 0.15) is 12.0 Å². The van der Waals surface area contributed by atoms with Gasteiger partial charge in [0, 0.05) is 32.7 Å². The second-order valence-electron chi connectivity index (χ2n) is 6.45. The molecular formula is C17H23F3N2O2. The third kappa shape index (κ3) is 4.84. The van der Waals surface area contributed by atoms with E-state index >= 15 is 0 Å². The van der Waals surface area contributed by atoms with E-state index in [1.165, 1.54) is 12.1 Å². The first kappa shape index (κ1) is 17.5. The molecule has 0 amide bonds. The van der Waals surface area contributed by atoms with E-state index in [0.717, 1.165) is 57.9 Å². The van der Waals surface area contributed by atoms with Crippen molar-refractivity contribution in [1.82, 2.24) is 9.80 Å². The lowest BCUT2D eigenvalue weighted by molar-refractivity contribution is -0.0522. The van der Waals surface area contributed by atoms with Crippen molar-refractivity contribution in [3.63, 3.8) is 0 Å². The third-order valence-electron chi connectivity index (χ3n) is 4.61. The highest BCUT2D eigenvalue weighted by molar-refractivity contribution is 5.29. The Morgan fingerprint density at radius 2 is 1.96 bits per heavy atom. The maximum Gasteiger partial charge on any atom is 0.387 e. The van der Waals surface area contributed by atoms with Gasteiger partial charge in [0.15, 0.2) is 11.6 Å². The highest BCUT2D eigenvalue weighted by Crippen LogP contribution is 2.24. The minimum Gasteiger partial charge on any atom is -0.432 e. The smallest absolute Gasteiger partial charge is 0.387 e. The summed E-state index contributed by atoms with van der Waals surface area (Å²) in [5, 5.41) is 0. The number of halogens is 3. The van der Waals surface area contributed by atoms with Crippen molar-refractivity contribution >= 4 is 0 Å². The molecule has 3 rings (SSSR count). The van der Waals surface area contributed by atoms with E-state index in [9.17, 15) is 13.2 Å². The molecule has 0 saturated carbocycles. The Hall–Kier alpha value is -1.31. The number of hydrogen-bond donors (Lipinski definition) is 0. The first-order chi connectivity index (χ1) is 11.6. The van der Waals surface area contributed by atoms with Gasteiger partial charge in [0.2, 0.25) is 0 Å². The van der Waals surface area contributed by atoms with E-state index in [1.807, 2.05) is 0 Å². The highest BCUT2D eigenvalue weighted by atomic mass is 19.3. The number of nitrogens with zero attached hydrogens (tertiary/aromatic N) is 2. The Bertz CT molecular complexity index is 539. The lowest BCUT2D eigenvalue weighted by atomic mass is 10.1. The SMILES string of the molecule is Fc1cc(CN2CC[C@H](CN3CCOCC3)C2)ccc1OC(F)F. The normalized spacial score (nSPS) is 23.1. The summed E-state index contributed by atoms with van der Waals surface area (Å²) >= 11 is 0. The zero-order valence-electron chi connectivity index (χ0n) is 13.6. The number of morpholine rings is 1. The molecule has 134 valence electrons. The van der Waals surface area contributed by atoms with E-state index in [4.69, 9.17) is 4.74 Å². The Balaban J connectivity index is 1.49. The highest BCUT2D eigenvalue weighted by Gasteiger charge is 2.25. The van der Waals surface area contributed by atoms with Gasteiger partial charge < -0.3 is 9.47 Å². The predicted octanol–water partition coefficient (Wildman–Crippen LogP) is 2.58. The molecule has 2 aliphatic heterocycles. The van der Waals surface area contributed by atoms with Gasteiger partial charge in [0.1, 0.15) is 0 Å². The molecule has 0 bridgehead atoms. The molecule has 2 heterocycles. The molecule has 1 aromatic carbocycles. The van der Waals surface area contributed by atoms with E-state index in [2.05, 4.69) is 14.5 Å². The summed E-state index contributed by atoms with van der Waals surface area (Å²) in [6.45, 7) is 4.26. The Labute approximate surface area is 140 Å². The number of ether oxygens (including phenoxy) is 2. The van der Waals surface area contributed by atoms with E-state index in [-0.39, 0.29) is 0 Å². The molecule has 2 aliphatic rings. The molecule has 0 unspecified atom stereocenters. The number of hydrogen-bond acceptors (Lipinski definition) is 4. The van der Waals surface area contributed by atoms with Gasteiger partial charge in [-0.15, -0.1) is 0 Å². The molecular weight excluding hydrogens is 321 g/mol. The summed E-state index contributed by atoms with van der Waals surface area (Å²) < 4.78 is 47.6. The standard InChI is InChI=1S/C17H23F3N2O2/c18-15-9-13(1-2-16(15)24-17(19)20)10-22-4-3-14(12-22)11-21-5-7-23-8-6-21/h1-2,9,14,17H,3-8,10-12H2/t14-/m1/s1. The second-order valence-corrected chi connectivity index (χ2v) is 6.45. The number of benzene rings is 1. The zero-order chi connectivity index (χ0) is 16.9. The van der Waals surface area contributed by atoms with Crippen molar-refractivity contribution in [2.45, 2.75) is 19.6 Å². The average molecular weight is 344 g/mol. The van der Waals surface area contributed by atoms with E-state index in [0.29, 0.717) is 12.5 Å². The van der Waals surface area contributed by atoms with Gasteiger partial charge in [-0.3, -0.25) is 9.80 Å². The van der Waals surface area contributed by atoms with Crippen molar-refractivity contribution in [2.75, 3.05) is 45.9 Å². The van der Waals surface area contributed by atoms with Crippen LogP contribution in [0.5, 0.6) is 5.75 Å². The molecule has 0 N–H and O–H groups in total. The van der Waals surface area contributed by atoms with Crippen LogP contribution in [0.15, 0.2) is 18.2 Å². The summed E-state index contributed by atoms with van der Waals surface area (Å²) in [5.41, 5.74) is 0.779. The topological polar surface area (TPSA) is 24.9 Å². The fraction of sp³-hybridized carbons (Fsp3) is 0.647. The van der Waals surface area contributed by atoms with Crippen LogP contribution in [-0.2, 0) is 11.3 Å². The van der Waals surface area contributed by atoms with Crippen LogP contribution in [-0.4, -0.2) is 62.3 Å². The Morgan fingerprint density at radius 1 is 1.17 bits per heavy atom. The van der Waals surface area contributed by atoms with Gasteiger partial charge >= 0.3 is 6.61 Å². The molecule has 0 spiro atoms. The van der Waals surface area contributed by atoms with Crippen molar-refractivity contribution in [1.29, 1.82) is 0 Å². The average Bonchev–Trinajstić information content (AvgIpc) is 2.98. The van der Waals surface area contributed by atoms with Crippen LogP contribution in [0, 0.1) is 11.7 Å².